The predicted octanol–water partition coefficient (Wildman–Crippen LogP) is 3.79. The predicted molar refractivity (Wildman–Crippen MR) is 78.2 cm³/mol. The Bertz CT molecular complexity index is 574. The van der Waals surface area contributed by atoms with Crippen LogP contribution in [-0.2, 0) is 12.0 Å². The monoisotopic (exact) mass is 322 g/mol. The van der Waals surface area contributed by atoms with Crippen LogP contribution in [0.1, 0.15) is 24.5 Å². The van der Waals surface area contributed by atoms with Gasteiger partial charge in [0.15, 0.2) is 0 Å². The van der Waals surface area contributed by atoms with E-state index in [1.165, 1.54) is 12.1 Å². The second-order valence-electron chi connectivity index (χ2n) is 4.71. The Hall–Kier alpha value is -1.26. The zero-order valence-corrected chi connectivity index (χ0v) is 12.3. The molecule has 0 radical (unpaired) electrons. The number of nitrogens with two attached hydrogens (primary N) is 1. The molecule has 1 aromatic carbocycles. The molecule has 0 bridgehead atoms. The van der Waals surface area contributed by atoms with E-state index in [-0.39, 0.29) is 5.82 Å². The molecule has 0 spiro atoms. The zero-order valence-electron chi connectivity index (χ0n) is 10.7. The van der Waals surface area contributed by atoms with Gasteiger partial charge in [0.1, 0.15) is 5.82 Å². The number of pyridine rings is 1. The third-order valence-corrected chi connectivity index (χ3v) is 3.75. The van der Waals surface area contributed by atoms with E-state index >= 15 is 0 Å². The molecular weight excluding hydrogens is 307 g/mol. The number of aromatic nitrogens is 1. The smallest absolute Gasteiger partial charge is 0.123 e. The van der Waals surface area contributed by atoms with Gasteiger partial charge in [0, 0.05) is 22.4 Å². The molecule has 1 aromatic heterocycles. The molecule has 2 aromatic rings. The van der Waals surface area contributed by atoms with Crippen LogP contribution < -0.4 is 5.73 Å². The van der Waals surface area contributed by atoms with Gasteiger partial charge in [-0.25, -0.2) is 4.39 Å². The lowest BCUT2D eigenvalue weighted by molar-refractivity contribution is 0.421. The van der Waals surface area contributed by atoms with Crippen molar-refractivity contribution < 1.29 is 4.39 Å². The van der Waals surface area contributed by atoms with Crippen LogP contribution >= 0.6 is 15.9 Å². The molecule has 0 saturated heterocycles. The van der Waals surface area contributed by atoms with Crippen molar-refractivity contribution in [3.8, 4) is 0 Å². The Morgan fingerprint density at radius 1 is 1.32 bits per heavy atom. The van der Waals surface area contributed by atoms with Crippen molar-refractivity contribution in [1.29, 1.82) is 0 Å². The minimum atomic E-state index is -0.579. The van der Waals surface area contributed by atoms with Crippen LogP contribution in [0.5, 0.6) is 0 Å². The molecule has 0 aliphatic carbocycles. The third-order valence-electron chi connectivity index (χ3n) is 3.31. The topological polar surface area (TPSA) is 38.9 Å². The summed E-state index contributed by atoms with van der Waals surface area (Å²) < 4.78 is 14.3. The van der Waals surface area contributed by atoms with Crippen LogP contribution in [0.2, 0.25) is 0 Å². The summed E-state index contributed by atoms with van der Waals surface area (Å²) in [7, 11) is 0. The highest BCUT2D eigenvalue weighted by Gasteiger charge is 2.26. The first kappa shape index (κ1) is 14.2. The molecule has 0 fully saturated rings. The van der Waals surface area contributed by atoms with Crippen molar-refractivity contribution in [3.63, 3.8) is 0 Å². The van der Waals surface area contributed by atoms with Gasteiger partial charge in [-0.05, 0) is 58.1 Å². The van der Waals surface area contributed by atoms with Gasteiger partial charge in [-0.2, -0.15) is 0 Å². The maximum Gasteiger partial charge on any atom is 0.123 e. The number of hydrogen-bond acceptors (Lipinski definition) is 2. The Kier molecular flexibility index (Phi) is 4.32. The molecule has 2 N–H and O–H groups in total. The minimum absolute atomic E-state index is 0.256. The van der Waals surface area contributed by atoms with Gasteiger partial charge in [0.05, 0.1) is 0 Å². The van der Waals surface area contributed by atoms with E-state index in [9.17, 15) is 4.39 Å². The molecule has 4 heteroatoms. The molecule has 0 aliphatic rings. The van der Waals surface area contributed by atoms with Crippen LogP contribution in [-0.4, -0.2) is 4.98 Å². The molecule has 2 rings (SSSR count). The molecular formula is C15H16BrFN2. The largest absolute Gasteiger partial charge is 0.321 e. The van der Waals surface area contributed by atoms with Crippen molar-refractivity contribution in [2.45, 2.75) is 25.3 Å². The lowest BCUT2D eigenvalue weighted by atomic mass is 9.83. The second-order valence-corrected chi connectivity index (χ2v) is 5.62. The van der Waals surface area contributed by atoms with Gasteiger partial charge in [0.2, 0.25) is 0 Å². The van der Waals surface area contributed by atoms with E-state index in [0.717, 1.165) is 22.0 Å². The summed E-state index contributed by atoms with van der Waals surface area (Å²) in [5.41, 5.74) is 7.73. The molecule has 19 heavy (non-hydrogen) atoms. The quantitative estimate of drug-likeness (QED) is 0.930. The van der Waals surface area contributed by atoms with Crippen LogP contribution in [0, 0.1) is 5.82 Å². The zero-order chi connectivity index (χ0) is 13.9. The first-order valence-corrected chi connectivity index (χ1v) is 6.97. The molecule has 0 amide bonds. The van der Waals surface area contributed by atoms with Crippen molar-refractivity contribution in [1.82, 2.24) is 4.98 Å². The maximum absolute atomic E-state index is 13.4. The van der Waals surface area contributed by atoms with Crippen LogP contribution in [0.3, 0.4) is 0 Å². The van der Waals surface area contributed by atoms with Crippen LogP contribution in [0.15, 0.2) is 47.2 Å². The van der Waals surface area contributed by atoms with Gasteiger partial charge in [-0.15, -0.1) is 0 Å². The second kappa shape index (κ2) is 5.80. The van der Waals surface area contributed by atoms with Crippen molar-refractivity contribution >= 4 is 15.9 Å². The summed E-state index contributed by atoms with van der Waals surface area (Å²) in [5.74, 6) is -0.256. The fourth-order valence-electron chi connectivity index (χ4n) is 2.15. The number of halogens is 2. The minimum Gasteiger partial charge on any atom is -0.321 e. The van der Waals surface area contributed by atoms with E-state index < -0.39 is 5.54 Å². The summed E-state index contributed by atoms with van der Waals surface area (Å²) in [6.07, 6.45) is 4.87. The van der Waals surface area contributed by atoms with Crippen molar-refractivity contribution in [2.24, 2.45) is 5.73 Å². The van der Waals surface area contributed by atoms with Gasteiger partial charge in [-0.1, -0.05) is 19.1 Å². The van der Waals surface area contributed by atoms with Crippen molar-refractivity contribution in [2.75, 3.05) is 0 Å². The van der Waals surface area contributed by atoms with Gasteiger partial charge in [-0.3, -0.25) is 4.98 Å². The lowest BCUT2D eigenvalue weighted by Gasteiger charge is -2.29. The third kappa shape index (κ3) is 3.39. The normalized spacial score (nSPS) is 14.1. The first-order valence-electron chi connectivity index (χ1n) is 6.18. The number of rotatable bonds is 4. The standard InChI is InChI=1S/C15H16BrFN2/c1-2-15(18,12-4-3-5-14(17)7-12)8-11-6-13(16)10-19-9-11/h3-7,9-10H,2,8,18H2,1H3. The fraction of sp³-hybridized carbons (Fsp3) is 0.267. The van der Waals surface area contributed by atoms with E-state index in [2.05, 4.69) is 20.9 Å². The summed E-state index contributed by atoms with van der Waals surface area (Å²) >= 11 is 3.40. The van der Waals surface area contributed by atoms with Gasteiger partial charge in [0.25, 0.3) is 0 Å². The Balaban J connectivity index is 2.32. The molecule has 1 atom stereocenters. The fourth-order valence-corrected chi connectivity index (χ4v) is 2.56. The van der Waals surface area contributed by atoms with Gasteiger partial charge < -0.3 is 5.73 Å². The average molecular weight is 323 g/mol. The molecule has 100 valence electrons. The molecule has 0 aliphatic heterocycles. The Morgan fingerprint density at radius 2 is 2.11 bits per heavy atom. The first-order chi connectivity index (χ1) is 9.03. The van der Waals surface area contributed by atoms with Crippen LogP contribution in [0.25, 0.3) is 0 Å². The van der Waals surface area contributed by atoms with Crippen LogP contribution in [0.4, 0.5) is 4.39 Å². The molecule has 0 saturated carbocycles. The van der Waals surface area contributed by atoms with E-state index in [0.29, 0.717) is 6.42 Å². The van der Waals surface area contributed by atoms with E-state index in [1.54, 1.807) is 18.5 Å². The highest BCUT2D eigenvalue weighted by atomic mass is 79.9. The van der Waals surface area contributed by atoms with E-state index in [4.69, 9.17) is 5.73 Å². The highest BCUT2D eigenvalue weighted by molar-refractivity contribution is 9.10. The average Bonchev–Trinajstić information content (AvgIpc) is 2.38. The lowest BCUT2D eigenvalue weighted by Crippen LogP contribution is -2.38. The molecule has 1 unspecified atom stereocenters. The summed E-state index contributed by atoms with van der Waals surface area (Å²) in [6.45, 7) is 2.01. The number of benzene rings is 1. The summed E-state index contributed by atoms with van der Waals surface area (Å²) in [5, 5.41) is 0. The molecule has 2 nitrogen and oxygen atoms in total. The van der Waals surface area contributed by atoms with E-state index in [1.807, 2.05) is 19.1 Å². The summed E-state index contributed by atoms with van der Waals surface area (Å²) in [6, 6.07) is 8.50. The highest BCUT2D eigenvalue weighted by Crippen LogP contribution is 2.27. The maximum atomic E-state index is 13.4. The summed E-state index contributed by atoms with van der Waals surface area (Å²) in [4.78, 5) is 4.14. The Morgan fingerprint density at radius 3 is 2.74 bits per heavy atom. The Labute approximate surface area is 121 Å². The number of hydrogen-bond donors (Lipinski definition) is 1. The molecule has 1 heterocycles. The SMILES string of the molecule is CCC(N)(Cc1cncc(Br)c1)c1cccc(F)c1. The van der Waals surface area contributed by atoms with Gasteiger partial charge >= 0.3 is 0 Å². The number of nitrogens with zero attached hydrogens (tertiary/aromatic N) is 1. The van der Waals surface area contributed by atoms with Crippen molar-refractivity contribution in [3.05, 3.63) is 64.1 Å².